The van der Waals surface area contributed by atoms with Gasteiger partial charge < -0.3 is 7.16 Å². The zero-order chi connectivity index (χ0) is 12.3. The average Bonchev–Trinajstić information content (AvgIpc) is 2.36. The van der Waals surface area contributed by atoms with Crippen molar-refractivity contribution in [2.45, 2.75) is 6.92 Å². The van der Waals surface area contributed by atoms with E-state index in [0.29, 0.717) is 17.1 Å². The van der Waals surface area contributed by atoms with Crippen LogP contribution in [0, 0.1) is 12.7 Å². The number of aliphatic imine (C=N–C) groups is 1. The van der Waals surface area contributed by atoms with Gasteiger partial charge in [-0.05, 0) is 19.1 Å². The number of nitrogens with zero attached hydrogens (tertiary/aromatic N) is 1. The van der Waals surface area contributed by atoms with Crippen molar-refractivity contribution in [3.8, 4) is 0 Å². The first-order valence-corrected chi connectivity index (χ1v) is 5.33. The Morgan fingerprint density at radius 2 is 1.78 bits per heavy atom. The molecular formula is C14H14FN2Na. The Labute approximate surface area is 130 Å². The molecule has 2 N–H and O–H groups in total. The van der Waals surface area contributed by atoms with Crippen LogP contribution in [0.1, 0.15) is 12.6 Å². The maximum Gasteiger partial charge on any atom is 1.00 e. The molecule has 0 atom stereocenters. The molecule has 18 heavy (non-hydrogen) atoms. The molecule has 0 aromatic heterocycles. The van der Waals surface area contributed by atoms with Crippen LogP contribution < -0.4 is 35.3 Å². The van der Waals surface area contributed by atoms with Gasteiger partial charge in [0.15, 0.2) is 0 Å². The molecule has 88 valence electrons. The van der Waals surface area contributed by atoms with Gasteiger partial charge in [0.05, 0.1) is 5.69 Å². The summed E-state index contributed by atoms with van der Waals surface area (Å²) in [6, 6.07) is 14.2. The van der Waals surface area contributed by atoms with Crippen LogP contribution in [0.5, 0.6) is 0 Å². The number of hydrogen-bond acceptors (Lipinski definition) is 1. The Kier molecular flexibility index (Phi) is 5.54. The van der Waals surface area contributed by atoms with Crippen molar-refractivity contribution in [1.29, 1.82) is 0 Å². The van der Waals surface area contributed by atoms with Crippen LogP contribution >= 0.6 is 0 Å². The van der Waals surface area contributed by atoms with Crippen molar-refractivity contribution >= 4 is 11.5 Å². The number of amidine groups is 1. The van der Waals surface area contributed by atoms with Crippen LogP contribution in [-0.2, 0) is 0 Å². The van der Waals surface area contributed by atoms with E-state index < -0.39 is 0 Å². The van der Waals surface area contributed by atoms with Gasteiger partial charge >= 0.3 is 29.6 Å². The van der Waals surface area contributed by atoms with Crippen LogP contribution in [0.25, 0.3) is 0 Å². The normalized spacial score (nSPS) is 10.9. The Hall–Kier alpha value is -1.16. The quantitative estimate of drug-likeness (QED) is 0.465. The summed E-state index contributed by atoms with van der Waals surface area (Å²) in [4.78, 5) is 4.24. The summed E-state index contributed by atoms with van der Waals surface area (Å²) < 4.78 is 13.3. The first kappa shape index (κ1) is 14.9. The molecule has 4 heteroatoms. The third-order valence-electron chi connectivity index (χ3n) is 2.55. The Bertz CT molecular complexity index is 559. The zero-order valence-electron chi connectivity index (χ0n) is 11.5. The zero-order valence-corrected chi connectivity index (χ0v) is 12.5. The summed E-state index contributed by atoms with van der Waals surface area (Å²) >= 11 is 0. The molecule has 0 unspecified atom stereocenters. The van der Waals surface area contributed by atoms with Crippen molar-refractivity contribution in [3.05, 3.63) is 65.5 Å². The smallest absolute Gasteiger partial charge is 1.00 e. The minimum atomic E-state index is -0.271. The van der Waals surface area contributed by atoms with E-state index in [0.717, 1.165) is 5.56 Å². The standard InChI is InChI=1S/C14H13FN2.Na.H/c1-10-12(15)8-5-9-13(10)17-14(16)11-6-3-2-4-7-11;;/h2-9H,1H3,(H2,16,17);;/q;+1;-1. The van der Waals surface area contributed by atoms with Crippen molar-refractivity contribution in [2.75, 3.05) is 0 Å². The summed E-state index contributed by atoms with van der Waals surface area (Å²) in [7, 11) is 0. The van der Waals surface area contributed by atoms with E-state index in [2.05, 4.69) is 4.99 Å². The summed E-state index contributed by atoms with van der Waals surface area (Å²) in [5, 5.41) is 0. The summed E-state index contributed by atoms with van der Waals surface area (Å²) in [6.07, 6.45) is 0. The monoisotopic (exact) mass is 252 g/mol. The molecule has 0 bridgehead atoms. The van der Waals surface area contributed by atoms with Gasteiger partial charge in [0.2, 0.25) is 0 Å². The van der Waals surface area contributed by atoms with Gasteiger partial charge in [-0.15, -0.1) is 0 Å². The van der Waals surface area contributed by atoms with E-state index in [1.165, 1.54) is 6.07 Å². The van der Waals surface area contributed by atoms with Crippen LogP contribution in [0.15, 0.2) is 53.5 Å². The molecule has 2 rings (SSSR count). The molecular weight excluding hydrogens is 238 g/mol. The van der Waals surface area contributed by atoms with Gasteiger partial charge in [0.25, 0.3) is 0 Å². The van der Waals surface area contributed by atoms with Crippen LogP contribution in [0.4, 0.5) is 10.1 Å². The Morgan fingerprint density at radius 3 is 2.44 bits per heavy atom. The number of hydrogen-bond donors (Lipinski definition) is 1. The molecule has 2 aromatic rings. The predicted molar refractivity (Wildman–Crippen MR) is 69.1 cm³/mol. The fourth-order valence-corrected chi connectivity index (χ4v) is 1.52. The number of rotatable bonds is 2. The third-order valence-corrected chi connectivity index (χ3v) is 2.55. The fourth-order valence-electron chi connectivity index (χ4n) is 1.52. The van der Waals surface area contributed by atoms with Crippen molar-refractivity contribution in [1.82, 2.24) is 0 Å². The number of halogens is 1. The summed E-state index contributed by atoms with van der Waals surface area (Å²) in [5.41, 5.74) is 7.77. The maximum absolute atomic E-state index is 13.3. The van der Waals surface area contributed by atoms with E-state index in [1.54, 1.807) is 19.1 Å². The molecule has 2 aromatic carbocycles. The minimum Gasteiger partial charge on any atom is -1.00 e. The van der Waals surface area contributed by atoms with E-state index in [1.807, 2.05) is 30.3 Å². The van der Waals surface area contributed by atoms with Gasteiger partial charge in [-0.1, -0.05) is 36.4 Å². The van der Waals surface area contributed by atoms with E-state index in [4.69, 9.17) is 5.73 Å². The molecule has 0 spiro atoms. The van der Waals surface area contributed by atoms with Gasteiger partial charge in [-0.3, -0.25) is 0 Å². The second-order valence-corrected chi connectivity index (χ2v) is 3.75. The maximum atomic E-state index is 13.3. The molecule has 0 aliphatic heterocycles. The average molecular weight is 252 g/mol. The predicted octanol–water partition coefficient (Wildman–Crippen LogP) is 0.288. The van der Waals surface area contributed by atoms with Gasteiger partial charge in [0.1, 0.15) is 11.7 Å². The number of benzene rings is 2. The van der Waals surface area contributed by atoms with Crippen molar-refractivity contribution in [3.63, 3.8) is 0 Å². The first-order valence-electron chi connectivity index (χ1n) is 5.33. The molecule has 0 saturated heterocycles. The molecule has 0 amide bonds. The molecule has 0 aliphatic carbocycles. The summed E-state index contributed by atoms with van der Waals surface area (Å²) in [6.45, 7) is 1.69. The van der Waals surface area contributed by atoms with E-state index in [9.17, 15) is 4.39 Å². The van der Waals surface area contributed by atoms with Crippen molar-refractivity contribution in [2.24, 2.45) is 10.7 Å². The van der Waals surface area contributed by atoms with Crippen LogP contribution in [0.3, 0.4) is 0 Å². The Balaban J connectivity index is 0.00000162. The summed E-state index contributed by atoms with van der Waals surface area (Å²) in [5.74, 6) is 0.117. The number of nitrogens with two attached hydrogens (primary N) is 1. The van der Waals surface area contributed by atoms with Gasteiger partial charge in [0, 0.05) is 11.1 Å². The van der Waals surface area contributed by atoms with Crippen LogP contribution in [-0.4, -0.2) is 5.84 Å². The first-order chi connectivity index (χ1) is 8.18. The van der Waals surface area contributed by atoms with Gasteiger partial charge in [-0.25, -0.2) is 9.38 Å². The largest absolute Gasteiger partial charge is 1.00 e. The van der Waals surface area contributed by atoms with Crippen LogP contribution in [0.2, 0.25) is 0 Å². The third kappa shape index (κ3) is 3.42. The molecule has 0 aliphatic rings. The second kappa shape index (κ2) is 6.69. The molecule has 0 radical (unpaired) electrons. The topological polar surface area (TPSA) is 38.4 Å². The fraction of sp³-hybridized carbons (Fsp3) is 0.0714. The SMILES string of the molecule is Cc1c(F)cccc1N=C(N)c1ccccc1.[H-].[Na+]. The van der Waals surface area contributed by atoms with E-state index in [-0.39, 0.29) is 36.8 Å². The van der Waals surface area contributed by atoms with E-state index >= 15 is 0 Å². The second-order valence-electron chi connectivity index (χ2n) is 3.75. The molecule has 0 saturated carbocycles. The minimum absolute atomic E-state index is 0. The van der Waals surface area contributed by atoms with Gasteiger partial charge in [-0.2, -0.15) is 0 Å². The molecule has 0 fully saturated rings. The van der Waals surface area contributed by atoms with Crippen molar-refractivity contribution < 1.29 is 35.4 Å². The Morgan fingerprint density at radius 1 is 1.11 bits per heavy atom. The molecule has 0 heterocycles. The molecule has 2 nitrogen and oxygen atoms in total.